The third kappa shape index (κ3) is 8.11. The third-order valence-electron chi connectivity index (χ3n) is 4.85. The van der Waals surface area contributed by atoms with Crippen molar-refractivity contribution in [3.8, 4) is 11.8 Å². The van der Waals surface area contributed by atoms with Gasteiger partial charge >= 0.3 is 6.09 Å². The molecule has 2 N–H and O–H groups in total. The van der Waals surface area contributed by atoms with E-state index in [4.69, 9.17) is 26.3 Å². The number of alkyl carbamates (subject to hydrolysis) is 1. The van der Waals surface area contributed by atoms with Crippen LogP contribution in [0.25, 0.3) is 0 Å². The molecular weight excluding hydrogens is 489 g/mol. The molecule has 2 amide bonds. The van der Waals surface area contributed by atoms with Crippen molar-refractivity contribution < 1.29 is 28.2 Å². The number of rotatable bonds is 10. The highest BCUT2D eigenvalue weighted by Gasteiger charge is 2.22. The van der Waals surface area contributed by atoms with E-state index in [1.165, 1.54) is 30.3 Å². The van der Waals surface area contributed by atoms with Gasteiger partial charge in [-0.3, -0.25) is 9.59 Å². The molecule has 0 saturated heterocycles. The first-order valence-corrected chi connectivity index (χ1v) is 11.1. The molecule has 0 heterocycles. The lowest BCUT2D eigenvalue weighted by Crippen LogP contribution is -2.44. The number of ketones is 1. The summed E-state index contributed by atoms with van der Waals surface area (Å²) in [6.45, 7) is -0.425. The molecular formula is C26H21ClFN3O5. The Hall–Kier alpha value is -4.42. The minimum Gasteiger partial charge on any atom is -0.489 e. The van der Waals surface area contributed by atoms with Gasteiger partial charge in [-0.15, -0.1) is 0 Å². The van der Waals surface area contributed by atoms with E-state index in [-0.39, 0.29) is 31.4 Å². The third-order valence-corrected chi connectivity index (χ3v) is 5.16. The zero-order valence-corrected chi connectivity index (χ0v) is 19.6. The SMILES string of the molecule is N#CC(=O)[C@H](COc1ccccc1Cl)NC(=O)OCc1ccc(NC(=O)Cc2ccc(F)cc2)cc1. The topological polar surface area (TPSA) is 118 Å². The Morgan fingerprint density at radius 2 is 1.64 bits per heavy atom. The molecule has 8 nitrogen and oxygen atoms in total. The fourth-order valence-corrected chi connectivity index (χ4v) is 3.20. The van der Waals surface area contributed by atoms with Gasteiger partial charge in [0.15, 0.2) is 0 Å². The van der Waals surface area contributed by atoms with Crippen molar-refractivity contribution in [2.45, 2.75) is 19.1 Å². The molecule has 36 heavy (non-hydrogen) atoms. The maximum atomic E-state index is 13.0. The van der Waals surface area contributed by atoms with E-state index in [9.17, 15) is 18.8 Å². The first kappa shape index (κ1) is 26.2. The molecule has 0 aromatic heterocycles. The maximum Gasteiger partial charge on any atom is 0.408 e. The minimum absolute atomic E-state index is 0.0914. The molecule has 0 bridgehead atoms. The highest BCUT2D eigenvalue weighted by atomic mass is 35.5. The molecule has 0 radical (unpaired) electrons. The standard InChI is InChI=1S/C26H21ClFN3O5/c27-21-3-1-2-4-24(21)35-16-22(23(32)14-29)31-26(34)36-15-18-7-11-20(12-8-18)30-25(33)13-17-5-9-19(28)10-6-17/h1-12,22H,13,15-16H2,(H,30,33)(H,31,34)/t22-/m0/s1. The van der Waals surface area contributed by atoms with Crippen molar-refractivity contribution in [1.29, 1.82) is 5.26 Å². The summed E-state index contributed by atoms with van der Waals surface area (Å²) in [5, 5.41) is 14.3. The van der Waals surface area contributed by atoms with Crippen LogP contribution in [-0.2, 0) is 27.4 Å². The summed E-state index contributed by atoms with van der Waals surface area (Å²) in [4.78, 5) is 36.2. The summed E-state index contributed by atoms with van der Waals surface area (Å²) in [7, 11) is 0. The summed E-state index contributed by atoms with van der Waals surface area (Å²) in [6, 6.07) is 19.0. The molecule has 1 atom stereocenters. The van der Waals surface area contributed by atoms with Gasteiger partial charge in [0.25, 0.3) is 5.78 Å². The van der Waals surface area contributed by atoms with Gasteiger partial charge < -0.3 is 20.1 Å². The van der Waals surface area contributed by atoms with Crippen molar-refractivity contribution in [2.24, 2.45) is 0 Å². The van der Waals surface area contributed by atoms with Crippen molar-refractivity contribution in [3.05, 3.63) is 94.8 Å². The Bertz CT molecular complexity index is 1260. The van der Waals surface area contributed by atoms with Crippen LogP contribution in [0.1, 0.15) is 11.1 Å². The van der Waals surface area contributed by atoms with Crippen LogP contribution in [0.5, 0.6) is 5.75 Å². The second kappa shape index (κ2) is 12.9. The number of halogens is 2. The van der Waals surface area contributed by atoms with Crippen LogP contribution >= 0.6 is 11.6 Å². The highest BCUT2D eigenvalue weighted by Crippen LogP contribution is 2.23. The van der Waals surface area contributed by atoms with E-state index in [1.54, 1.807) is 48.5 Å². The van der Waals surface area contributed by atoms with E-state index < -0.39 is 17.9 Å². The Morgan fingerprint density at radius 3 is 2.31 bits per heavy atom. The average Bonchev–Trinajstić information content (AvgIpc) is 2.88. The maximum absolute atomic E-state index is 13.0. The van der Waals surface area contributed by atoms with Crippen LogP contribution in [0.4, 0.5) is 14.9 Å². The number of hydrogen-bond acceptors (Lipinski definition) is 6. The largest absolute Gasteiger partial charge is 0.489 e. The number of amides is 2. The van der Waals surface area contributed by atoms with Gasteiger partial charge in [-0.2, -0.15) is 5.26 Å². The number of nitrogens with one attached hydrogen (secondary N) is 2. The number of para-hydroxylation sites is 1. The molecule has 10 heteroatoms. The molecule has 0 fully saturated rings. The monoisotopic (exact) mass is 509 g/mol. The lowest BCUT2D eigenvalue weighted by atomic mass is 10.1. The first-order valence-electron chi connectivity index (χ1n) is 10.7. The van der Waals surface area contributed by atoms with Crippen LogP contribution in [0.2, 0.25) is 5.02 Å². The average molecular weight is 510 g/mol. The minimum atomic E-state index is -1.25. The van der Waals surface area contributed by atoms with Gasteiger partial charge in [0.1, 0.15) is 36.9 Å². The fraction of sp³-hybridized carbons (Fsp3) is 0.154. The number of carbonyl (C=O) groups is 3. The summed E-state index contributed by atoms with van der Waals surface area (Å²) >= 11 is 6.00. The van der Waals surface area contributed by atoms with Crippen molar-refractivity contribution in [2.75, 3.05) is 11.9 Å². The summed E-state index contributed by atoms with van der Waals surface area (Å²) < 4.78 is 23.5. The molecule has 3 aromatic rings. The number of nitriles is 1. The predicted molar refractivity (Wildman–Crippen MR) is 130 cm³/mol. The van der Waals surface area contributed by atoms with Gasteiger partial charge in [0.2, 0.25) is 5.91 Å². The molecule has 3 aromatic carbocycles. The van der Waals surface area contributed by atoms with E-state index in [0.29, 0.717) is 27.6 Å². The lowest BCUT2D eigenvalue weighted by molar-refractivity contribution is -0.116. The van der Waals surface area contributed by atoms with Gasteiger partial charge in [-0.25, -0.2) is 9.18 Å². The molecule has 0 unspecified atom stereocenters. The van der Waals surface area contributed by atoms with Gasteiger partial charge in [0.05, 0.1) is 11.4 Å². The van der Waals surface area contributed by atoms with Crippen molar-refractivity contribution in [3.63, 3.8) is 0 Å². The summed E-state index contributed by atoms with van der Waals surface area (Å²) in [5.74, 6) is -1.24. The summed E-state index contributed by atoms with van der Waals surface area (Å²) in [5.41, 5.74) is 1.83. The summed E-state index contributed by atoms with van der Waals surface area (Å²) in [6.07, 6.45) is -0.822. The normalized spacial score (nSPS) is 11.0. The molecule has 0 aliphatic heterocycles. The van der Waals surface area contributed by atoms with Gasteiger partial charge in [-0.1, -0.05) is 48.0 Å². The van der Waals surface area contributed by atoms with Gasteiger partial charge in [-0.05, 0) is 47.5 Å². The number of ether oxygens (including phenoxy) is 2. The van der Waals surface area contributed by atoms with Crippen molar-refractivity contribution >= 4 is 35.1 Å². The van der Waals surface area contributed by atoms with Crippen LogP contribution in [0, 0.1) is 17.1 Å². The predicted octanol–water partition coefficient (Wildman–Crippen LogP) is 4.43. The quantitative estimate of drug-likeness (QED) is 0.390. The zero-order chi connectivity index (χ0) is 25.9. The Balaban J connectivity index is 1.47. The molecule has 0 saturated carbocycles. The number of carbonyl (C=O) groups excluding carboxylic acids is 3. The number of Topliss-reactive ketones (excluding diaryl/α,β-unsaturated/α-hetero) is 1. The van der Waals surface area contributed by atoms with E-state index in [2.05, 4.69) is 10.6 Å². The van der Waals surface area contributed by atoms with E-state index in [1.807, 2.05) is 0 Å². The highest BCUT2D eigenvalue weighted by molar-refractivity contribution is 6.32. The zero-order valence-electron chi connectivity index (χ0n) is 18.9. The molecule has 3 rings (SSSR count). The number of hydrogen-bond donors (Lipinski definition) is 2. The van der Waals surface area contributed by atoms with Gasteiger partial charge in [0, 0.05) is 5.69 Å². The number of benzene rings is 3. The van der Waals surface area contributed by atoms with Crippen LogP contribution in [0.15, 0.2) is 72.8 Å². The molecule has 0 aliphatic carbocycles. The smallest absolute Gasteiger partial charge is 0.408 e. The van der Waals surface area contributed by atoms with E-state index in [0.717, 1.165) is 0 Å². The van der Waals surface area contributed by atoms with Crippen molar-refractivity contribution in [1.82, 2.24) is 5.32 Å². The van der Waals surface area contributed by atoms with Crippen LogP contribution < -0.4 is 15.4 Å². The molecule has 0 spiro atoms. The second-order valence-corrected chi connectivity index (χ2v) is 7.95. The fourth-order valence-electron chi connectivity index (χ4n) is 3.01. The molecule has 184 valence electrons. The lowest BCUT2D eigenvalue weighted by Gasteiger charge is -2.16. The Kier molecular flexibility index (Phi) is 9.37. The Labute approximate surface area is 211 Å². The van der Waals surface area contributed by atoms with E-state index >= 15 is 0 Å². The first-order chi connectivity index (χ1) is 17.3. The second-order valence-electron chi connectivity index (χ2n) is 7.54. The van der Waals surface area contributed by atoms with Crippen LogP contribution in [-0.4, -0.2) is 30.4 Å². The van der Waals surface area contributed by atoms with Crippen LogP contribution in [0.3, 0.4) is 0 Å². The number of anilines is 1. The molecule has 0 aliphatic rings. The number of nitrogens with zero attached hydrogens (tertiary/aromatic N) is 1. The Morgan fingerprint density at radius 1 is 0.972 bits per heavy atom.